The number of carbonyl (C=O) groups is 2. The molecule has 2 aliphatic carbocycles. The molecule has 0 bridgehead atoms. The quantitative estimate of drug-likeness (QED) is 0.697. The topological polar surface area (TPSA) is 43.4 Å². The maximum atomic E-state index is 12.2. The van der Waals surface area contributed by atoms with E-state index in [-0.39, 0.29) is 17.3 Å². The zero-order chi connectivity index (χ0) is 12.8. The summed E-state index contributed by atoms with van der Waals surface area (Å²) in [6.45, 7) is 5.80. The number of hydrogen-bond acceptors (Lipinski definition) is 3. The third kappa shape index (κ3) is 1.57. The standard InChI is InChI=1S/C14H16O3/c1-8-5-10-13(16)11(17-4)6-12(15)14(10,3)7-9(8)2/h5-6H,7H2,1-4H3/t14-/m0/s1. The highest BCUT2D eigenvalue weighted by molar-refractivity contribution is 6.20. The minimum atomic E-state index is -0.706. The lowest BCUT2D eigenvalue weighted by Crippen LogP contribution is -2.39. The van der Waals surface area contributed by atoms with Gasteiger partial charge in [-0.15, -0.1) is 0 Å². The fourth-order valence-corrected chi connectivity index (χ4v) is 2.43. The predicted molar refractivity (Wildman–Crippen MR) is 64.3 cm³/mol. The first-order valence-corrected chi connectivity index (χ1v) is 5.63. The molecule has 0 heterocycles. The summed E-state index contributed by atoms with van der Waals surface area (Å²) in [4.78, 5) is 24.3. The van der Waals surface area contributed by atoms with Gasteiger partial charge < -0.3 is 4.74 Å². The van der Waals surface area contributed by atoms with Crippen molar-refractivity contribution >= 4 is 11.6 Å². The lowest BCUT2D eigenvalue weighted by Gasteiger charge is -2.36. The van der Waals surface area contributed by atoms with E-state index < -0.39 is 5.41 Å². The maximum absolute atomic E-state index is 12.2. The van der Waals surface area contributed by atoms with Crippen LogP contribution >= 0.6 is 0 Å². The summed E-state index contributed by atoms with van der Waals surface area (Å²) in [7, 11) is 1.41. The van der Waals surface area contributed by atoms with Gasteiger partial charge in [0.15, 0.2) is 11.5 Å². The van der Waals surface area contributed by atoms with Crippen molar-refractivity contribution in [3.05, 3.63) is 34.6 Å². The Morgan fingerprint density at radius 3 is 2.47 bits per heavy atom. The zero-order valence-electron chi connectivity index (χ0n) is 10.6. The average molecular weight is 232 g/mol. The van der Waals surface area contributed by atoms with Crippen LogP contribution in [0.2, 0.25) is 0 Å². The number of Topliss-reactive ketones (excluding diaryl/α,β-unsaturated/α-hetero) is 1. The largest absolute Gasteiger partial charge is 0.493 e. The molecule has 2 aliphatic rings. The molecule has 3 heteroatoms. The Morgan fingerprint density at radius 1 is 1.24 bits per heavy atom. The molecule has 3 nitrogen and oxygen atoms in total. The van der Waals surface area contributed by atoms with E-state index in [1.165, 1.54) is 13.2 Å². The summed E-state index contributed by atoms with van der Waals surface area (Å²) >= 11 is 0. The van der Waals surface area contributed by atoms with Gasteiger partial charge in [-0.2, -0.15) is 0 Å². The number of rotatable bonds is 1. The monoisotopic (exact) mass is 232 g/mol. The van der Waals surface area contributed by atoms with Crippen molar-refractivity contribution in [2.24, 2.45) is 5.41 Å². The minimum absolute atomic E-state index is 0.0490. The third-order valence-corrected chi connectivity index (χ3v) is 3.74. The van der Waals surface area contributed by atoms with Gasteiger partial charge in [-0.3, -0.25) is 9.59 Å². The normalized spacial score (nSPS) is 28.7. The molecule has 0 radical (unpaired) electrons. The van der Waals surface area contributed by atoms with E-state index >= 15 is 0 Å². The third-order valence-electron chi connectivity index (χ3n) is 3.74. The molecule has 2 rings (SSSR count). The van der Waals surface area contributed by atoms with Crippen LogP contribution in [-0.4, -0.2) is 18.7 Å². The van der Waals surface area contributed by atoms with Gasteiger partial charge in [0.2, 0.25) is 5.78 Å². The van der Waals surface area contributed by atoms with E-state index in [1.807, 2.05) is 26.8 Å². The molecule has 0 aromatic heterocycles. The highest BCUT2D eigenvalue weighted by Gasteiger charge is 2.46. The summed E-state index contributed by atoms with van der Waals surface area (Å²) < 4.78 is 4.96. The van der Waals surface area contributed by atoms with Crippen molar-refractivity contribution in [1.29, 1.82) is 0 Å². The fourth-order valence-electron chi connectivity index (χ4n) is 2.43. The van der Waals surface area contributed by atoms with Crippen molar-refractivity contribution in [1.82, 2.24) is 0 Å². The van der Waals surface area contributed by atoms with Gasteiger partial charge in [0, 0.05) is 11.6 Å². The molecule has 0 spiro atoms. The smallest absolute Gasteiger partial charge is 0.224 e. The van der Waals surface area contributed by atoms with Crippen molar-refractivity contribution < 1.29 is 14.3 Å². The zero-order valence-corrected chi connectivity index (χ0v) is 10.6. The van der Waals surface area contributed by atoms with E-state index in [0.717, 1.165) is 11.1 Å². The van der Waals surface area contributed by atoms with Crippen LogP contribution in [0.4, 0.5) is 0 Å². The van der Waals surface area contributed by atoms with Crippen molar-refractivity contribution in [2.75, 3.05) is 7.11 Å². The molecule has 0 aliphatic heterocycles. The Hall–Kier alpha value is -1.64. The average Bonchev–Trinajstić information content (AvgIpc) is 2.28. The second kappa shape index (κ2) is 3.69. The molecule has 17 heavy (non-hydrogen) atoms. The summed E-state index contributed by atoms with van der Waals surface area (Å²) in [6, 6.07) is 0. The predicted octanol–water partition coefficient (Wildman–Crippen LogP) is 2.34. The van der Waals surface area contributed by atoms with Crippen LogP contribution in [0.5, 0.6) is 0 Å². The Kier molecular flexibility index (Phi) is 2.57. The van der Waals surface area contributed by atoms with Gasteiger partial charge in [0.25, 0.3) is 0 Å². The highest BCUT2D eigenvalue weighted by Crippen LogP contribution is 2.44. The Balaban J connectivity index is 2.61. The summed E-state index contributed by atoms with van der Waals surface area (Å²) in [5.74, 6) is -0.0698. The number of ketones is 2. The van der Waals surface area contributed by atoms with Crippen molar-refractivity contribution in [2.45, 2.75) is 27.2 Å². The van der Waals surface area contributed by atoms with E-state index in [1.54, 1.807) is 0 Å². The molecule has 90 valence electrons. The summed E-state index contributed by atoms with van der Waals surface area (Å²) in [5.41, 5.74) is 2.08. The fraction of sp³-hybridized carbons (Fsp3) is 0.429. The molecule has 0 N–H and O–H groups in total. The van der Waals surface area contributed by atoms with Crippen LogP contribution in [-0.2, 0) is 14.3 Å². The number of fused-ring (bicyclic) bond motifs is 1. The molecule has 0 amide bonds. The first kappa shape index (κ1) is 11.8. The van der Waals surface area contributed by atoms with Crippen LogP contribution in [0.1, 0.15) is 27.2 Å². The lowest BCUT2D eigenvalue weighted by molar-refractivity contribution is -0.127. The van der Waals surface area contributed by atoms with E-state index in [0.29, 0.717) is 12.0 Å². The molecule has 0 unspecified atom stereocenters. The number of allylic oxidation sites excluding steroid dienone is 5. The van der Waals surface area contributed by atoms with E-state index in [2.05, 4.69) is 0 Å². The molecule has 0 fully saturated rings. The maximum Gasteiger partial charge on any atom is 0.224 e. The van der Waals surface area contributed by atoms with Crippen molar-refractivity contribution in [3.8, 4) is 0 Å². The summed E-state index contributed by atoms with van der Waals surface area (Å²) in [5, 5.41) is 0. The van der Waals surface area contributed by atoms with Crippen LogP contribution < -0.4 is 0 Å². The molecule has 0 aromatic carbocycles. The summed E-state index contributed by atoms with van der Waals surface area (Å²) in [6.07, 6.45) is 3.77. The Labute approximate surface area is 101 Å². The first-order valence-electron chi connectivity index (χ1n) is 5.63. The SMILES string of the molecule is COC1=CC(=O)[C@@]2(C)CC(C)=C(C)C=C2C1=O. The van der Waals surface area contributed by atoms with Crippen LogP contribution in [0.15, 0.2) is 34.6 Å². The first-order chi connectivity index (χ1) is 7.90. The highest BCUT2D eigenvalue weighted by atomic mass is 16.5. The second-order valence-corrected chi connectivity index (χ2v) is 4.94. The second-order valence-electron chi connectivity index (χ2n) is 4.94. The van der Waals surface area contributed by atoms with Gasteiger partial charge in [0.1, 0.15) is 0 Å². The van der Waals surface area contributed by atoms with E-state index in [4.69, 9.17) is 4.74 Å². The van der Waals surface area contributed by atoms with Gasteiger partial charge in [-0.1, -0.05) is 17.2 Å². The van der Waals surface area contributed by atoms with Gasteiger partial charge in [0.05, 0.1) is 12.5 Å². The molecule has 0 saturated carbocycles. The molecule has 0 saturated heterocycles. The molecular weight excluding hydrogens is 216 g/mol. The number of methoxy groups -OCH3 is 1. The molecular formula is C14H16O3. The van der Waals surface area contributed by atoms with Gasteiger partial charge >= 0.3 is 0 Å². The van der Waals surface area contributed by atoms with E-state index in [9.17, 15) is 9.59 Å². The van der Waals surface area contributed by atoms with Gasteiger partial charge in [-0.05, 0) is 27.2 Å². The Morgan fingerprint density at radius 2 is 1.88 bits per heavy atom. The number of hydrogen-bond donors (Lipinski definition) is 0. The molecule has 0 aromatic rings. The van der Waals surface area contributed by atoms with Crippen LogP contribution in [0, 0.1) is 5.41 Å². The van der Waals surface area contributed by atoms with Crippen molar-refractivity contribution in [3.63, 3.8) is 0 Å². The van der Waals surface area contributed by atoms with Crippen LogP contribution in [0.25, 0.3) is 0 Å². The minimum Gasteiger partial charge on any atom is -0.493 e. The number of carbonyl (C=O) groups excluding carboxylic acids is 2. The molecule has 1 atom stereocenters. The van der Waals surface area contributed by atoms with Gasteiger partial charge in [-0.25, -0.2) is 0 Å². The Bertz CT molecular complexity index is 506. The number of ether oxygens (including phenoxy) is 1. The lowest BCUT2D eigenvalue weighted by atomic mass is 9.65. The van der Waals surface area contributed by atoms with Crippen LogP contribution in [0.3, 0.4) is 0 Å².